The van der Waals surface area contributed by atoms with Gasteiger partial charge in [0, 0.05) is 19.3 Å². The van der Waals surface area contributed by atoms with E-state index in [2.05, 4.69) is 93.7 Å². The van der Waals surface area contributed by atoms with Crippen molar-refractivity contribution in [2.24, 2.45) is 0 Å². The van der Waals surface area contributed by atoms with Crippen LogP contribution in [0.25, 0.3) is 0 Å². The largest absolute Gasteiger partial charge is 0.462 e. The summed E-state index contributed by atoms with van der Waals surface area (Å²) in [7, 11) is 0. The molecule has 0 spiro atoms. The van der Waals surface area contributed by atoms with E-state index in [-0.39, 0.29) is 31.1 Å². The molecule has 0 aromatic heterocycles. The Morgan fingerprint density at radius 1 is 0.318 bits per heavy atom. The lowest BCUT2D eigenvalue weighted by atomic mass is 10.1. The molecule has 0 N–H and O–H groups in total. The molecule has 0 aliphatic rings. The van der Waals surface area contributed by atoms with Crippen LogP contribution in [0.2, 0.25) is 0 Å². The topological polar surface area (TPSA) is 78.9 Å². The van der Waals surface area contributed by atoms with Gasteiger partial charge in [0.25, 0.3) is 0 Å². The summed E-state index contributed by atoms with van der Waals surface area (Å²) >= 11 is 0. The summed E-state index contributed by atoms with van der Waals surface area (Å²) in [6, 6.07) is 0. The molecule has 1 atom stereocenters. The molecule has 0 saturated heterocycles. The minimum absolute atomic E-state index is 0.0804. The molecule has 0 bridgehead atoms. The molecule has 380 valence electrons. The highest BCUT2D eigenvalue weighted by Crippen LogP contribution is 2.15. The Morgan fingerprint density at radius 3 is 0.924 bits per heavy atom. The molecule has 0 aromatic rings. The number of rotatable bonds is 50. The van der Waals surface area contributed by atoms with E-state index in [0.29, 0.717) is 19.3 Å². The number of unbranched alkanes of at least 4 members (excludes halogenated alkanes) is 27. The van der Waals surface area contributed by atoms with Gasteiger partial charge in [-0.05, 0) is 89.9 Å². The summed E-state index contributed by atoms with van der Waals surface area (Å²) in [6.45, 7) is 6.46. The highest BCUT2D eigenvalue weighted by atomic mass is 16.6. The predicted octanol–water partition coefficient (Wildman–Crippen LogP) is 18.6. The monoisotopic (exact) mass is 921 g/mol. The first-order valence-corrected chi connectivity index (χ1v) is 27.9. The Labute approximate surface area is 408 Å². The molecule has 1 unspecified atom stereocenters. The number of carbonyl (C=O) groups is 3. The van der Waals surface area contributed by atoms with Gasteiger partial charge in [-0.3, -0.25) is 14.4 Å². The maximum absolute atomic E-state index is 12.8. The molecule has 0 radical (unpaired) electrons. The van der Waals surface area contributed by atoms with E-state index in [1.165, 1.54) is 135 Å². The van der Waals surface area contributed by atoms with Gasteiger partial charge in [-0.15, -0.1) is 0 Å². The summed E-state index contributed by atoms with van der Waals surface area (Å²) in [6.07, 6.45) is 69.2. The fourth-order valence-electron chi connectivity index (χ4n) is 7.76. The van der Waals surface area contributed by atoms with Crippen LogP contribution in [0.15, 0.2) is 72.9 Å². The lowest BCUT2D eigenvalue weighted by Crippen LogP contribution is -2.30. The smallest absolute Gasteiger partial charge is 0.306 e. The van der Waals surface area contributed by atoms with E-state index in [4.69, 9.17) is 14.2 Å². The fourth-order valence-corrected chi connectivity index (χ4v) is 7.76. The van der Waals surface area contributed by atoms with E-state index in [1.54, 1.807) is 0 Å². The van der Waals surface area contributed by atoms with Crippen LogP contribution in [0, 0.1) is 0 Å². The van der Waals surface area contributed by atoms with Crippen LogP contribution in [0.3, 0.4) is 0 Å². The van der Waals surface area contributed by atoms with E-state index < -0.39 is 6.10 Å². The zero-order valence-corrected chi connectivity index (χ0v) is 43.4. The van der Waals surface area contributed by atoms with Crippen LogP contribution in [-0.4, -0.2) is 37.2 Å². The Hall–Kier alpha value is -3.15. The van der Waals surface area contributed by atoms with Crippen LogP contribution in [-0.2, 0) is 28.6 Å². The average molecular weight is 921 g/mol. The van der Waals surface area contributed by atoms with Crippen molar-refractivity contribution in [2.45, 2.75) is 277 Å². The summed E-state index contributed by atoms with van der Waals surface area (Å²) in [4.78, 5) is 37.8. The van der Waals surface area contributed by atoms with E-state index in [0.717, 1.165) is 96.3 Å². The number of hydrogen-bond donors (Lipinski definition) is 0. The van der Waals surface area contributed by atoms with Crippen molar-refractivity contribution in [3.05, 3.63) is 72.9 Å². The normalized spacial score (nSPS) is 12.6. The number of allylic oxidation sites excluding steroid dienone is 12. The third-order valence-electron chi connectivity index (χ3n) is 11.9. The second-order valence-corrected chi connectivity index (χ2v) is 18.5. The summed E-state index contributed by atoms with van der Waals surface area (Å²) in [5, 5.41) is 0. The van der Waals surface area contributed by atoms with Gasteiger partial charge in [0.15, 0.2) is 6.10 Å². The molecule has 0 fully saturated rings. The minimum atomic E-state index is -0.779. The molecule has 0 heterocycles. The molecule has 0 aliphatic heterocycles. The standard InChI is InChI=1S/C60H104O6/c1-4-7-10-13-16-18-20-22-24-26-27-28-29-30-31-32-33-35-36-38-40-42-44-47-50-53-59(62)65-56-57(55-64-58(61)52-49-46-15-12-9-6-3)66-60(63)54-51-48-45-43-41-39-37-34-25-23-21-19-17-14-11-8-5-2/h8,11,17,19-20,22-23,25-27,29-30,57H,4-7,9-10,12-16,18,21,24,28,31-56H2,1-3H3/b11-8-,19-17-,22-20-,25-23-,27-26-,30-29-. The molecule has 66 heavy (non-hydrogen) atoms. The van der Waals surface area contributed by atoms with Crippen molar-refractivity contribution in [3.63, 3.8) is 0 Å². The molecule has 0 aromatic carbocycles. The van der Waals surface area contributed by atoms with Gasteiger partial charge < -0.3 is 14.2 Å². The van der Waals surface area contributed by atoms with Crippen molar-refractivity contribution in [2.75, 3.05) is 13.2 Å². The van der Waals surface area contributed by atoms with Crippen molar-refractivity contribution >= 4 is 17.9 Å². The maximum atomic E-state index is 12.8. The van der Waals surface area contributed by atoms with Crippen molar-refractivity contribution in [3.8, 4) is 0 Å². The molecular formula is C60H104O6. The summed E-state index contributed by atoms with van der Waals surface area (Å²) in [5.41, 5.74) is 0. The fraction of sp³-hybridized carbons (Fsp3) is 0.750. The van der Waals surface area contributed by atoms with Gasteiger partial charge in [-0.2, -0.15) is 0 Å². The second-order valence-electron chi connectivity index (χ2n) is 18.5. The van der Waals surface area contributed by atoms with Crippen LogP contribution in [0.4, 0.5) is 0 Å². The third-order valence-corrected chi connectivity index (χ3v) is 11.9. The lowest BCUT2D eigenvalue weighted by molar-refractivity contribution is -0.167. The molecular weight excluding hydrogens is 817 g/mol. The van der Waals surface area contributed by atoms with Crippen LogP contribution < -0.4 is 0 Å². The van der Waals surface area contributed by atoms with E-state index >= 15 is 0 Å². The molecule has 0 amide bonds. The lowest BCUT2D eigenvalue weighted by Gasteiger charge is -2.18. The van der Waals surface area contributed by atoms with E-state index in [1.807, 2.05) is 0 Å². The molecule has 6 heteroatoms. The minimum Gasteiger partial charge on any atom is -0.462 e. The molecule has 0 aliphatic carbocycles. The van der Waals surface area contributed by atoms with Crippen molar-refractivity contribution < 1.29 is 28.6 Å². The van der Waals surface area contributed by atoms with Crippen LogP contribution >= 0.6 is 0 Å². The summed E-state index contributed by atoms with van der Waals surface area (Å²) < 4.78 is 16.7. The Kier molecular flexibility index (Phi) is 51.9. The molecule has 0 saturated carbocycles. The Morgan fingerprint density at radius 2 is 0.591 bits per heavy atom. The number of esters is 3. The van der Waals surface area contributed by atoms with Gasteiger partial charge in [-0.25, -0.2) is 0 Å². The van der Waals surface area contributed by atoms with Crippen LogP contribution in [0.5, 0.6) is 0 Å². The van der Waals surface area contributed by atoms with Gasteiger partial charge >= 0.3 is 17.9 Å². The second kappa shape index (κ2) is 54.5. The Bertz CT molecular complexity index is 1240. The number of carbonyl (C=O) groups excluding carboxylic acids is 3. The first-order valence-electron chi connectivity index (χ1n) is 27.9. The highest BCUT2D eigenvalue weighted by Gasteiger charge is 2.19. The maximum Gasteiger partial charge on any atom is 0.306 e. The average Bonchev–Trinajstić information content (AvgIpc) is 3.31. The zero-order chi connectivity index (χ0) is 47.9. The first-order chi connectivity index (χ1) is 32.5. The quantitative estimate of drug-likeness (QED) is 0.0262. The first kappa shape index (κ1) is 62.8. The number of ether oxygens (including phenoxy) is 3. The van der Waals surface area contributed by atoms with Gasteiger partial charge in [0.05, 0.1) is 0 Å². The summed E-state index contributed by atoms with van der Waals surface area (Å²) in [5.74, 6) is -0.900. The zero-order valence-electron chi connectivity index (χ0n) is 43.4. The third kappa shape index (κ3) is 51.8. The molecule has 6 nitrogen and oxygen atoms in total. The van der Waals surface area contributed by atoms with E-state index in [9.17, 15) is 14.4 Å². The Balaban J connectivity index is 4.15. The van der Waals surface area contributed by atoms with Crippen molar-refractivity contribution in [1.29, 1.82) is 0 Å². The van der Waals surface area contributed by atoms with Gasteiger partial charge in [0.2, 0.25) is 0 Å². The van der Waals surface area contributed by atoms with Crippen molar-refractivity contribution in [1.82, 2.24) is 0 Å². The highest BCUT2D eigenvalue weighted by molar-refractivity contribution is 5.71. The number of hydrogen-bond acceptors (Lipinski definition) is 6. The predicted molar refractivity (Wildman–Crippen MR) is 284 cm³/mol. The van der Waals surface area contributed by atoms with Gasteiger partial charge in [0.1, 0.15) is 13.2 Å². The SMILES string of the molecule is CC/C=C\C/C=C\C/C=C\CCCCCCCCCC(=O)OC(COC(=O)CCCCCCCC)COC(=O)CCCCCCCCCCCC/C=C\C/C=C\C/C=C\CCCCCCC. The van der Waals surface area contributed by atoms with Gasteiger partial charge in [-0.1, -0.05) is 235 Å². The molecule has 0 rings (SSSR count). The van der Waals surface area contributed by atoms with Crippen LogP contribution in [0.1, 0.15) is 271 Å².